The molecule has 1 unspecified atom stereocenters. The number of aliphatic hydroxyl groups excluding tert-OH is 1. The van der Waals surface area contributed by atoms with E-state index in [0.29, 0.717) is 19.5 Å². The molecular weight excluding hydrogens is 280 g/mol. The minimum atomic E-state index is -0.505. The molecule has 1 amide bonds. The fourth-order valence-electron chi connectivity index (χ4n) is 2.70. The molecule has 0 aromatic heterocycles. The van der Waals surface area contributed by atoms with E-state index in [1.165, 1.54) is 0 Å². The van der Waals surface area contributed by atoms with E-state index in [-0.39, 0.29) is 18.6 Å². The zero-order valence-electron chi connectivity index (χ0n) is 13.4. The zero-order valence-corrected chi connectivity index (χ0v) is 13.4. The number of nitrogens with zero attached hydrogens (tertiary/aromatic N) is 1. The van der Waals surface area contributed by atoms with Gasteiger partial charge in [0.25, 0.3) is 5.91 Å². The molecule has 0 radical (unpaired) electrons. The number of fused-ring (bicyclic) bond motifs is 1. The molecule has 0 spiro atoms. The Balaban J connectivity index is 2.10. The van der Waals surface area contributed by atoms with Gasteiger partial charge in [0, 0.05) is 19.2 Å². The summed E-state index contributed by atoms with van der Waals surface area (Å²) < 4.78 is 5.88. The van der Waals surface area contributed by atoms with Crippen LogP contribution >= 0.6 is 0 Å². The fraction of sp³-hybridized carbons (Fsp3) is 0.588. The van der Waals surface area contributed by atoms with Gasteiger partial charge in [-0.2, -0.15) is 0 Å². The van der Waals surface area contributed by atoms with Crippen LogP contribution in [0, 0.1) is 0 Å². The Hall–Kier alpha value is -1.75. The van der Waals surface area contributed by atoms with Crippen molar-refractivity contribution in [3.05, 3.63) is 24.3 Å². The number of hydrogen-bond acceptors (Lipinski definition) is 4. The number of hydrogen-bond donors (Lipinski definition) is 2. The highest BCUT2D eigenvalue weighted by atomic mass is 16.5. The lowest BCUT2D eigenvalue weighted by molar-refractivity contribution is -0.128. The molecule has 0 saturated carbocycles. The number of rotatable bonds is 7. The molecule has 2 N–H and O–H groups in total. The fourth-order valence-corrected chi connectivity index (χ4v) is 2.70. The third-order valence-electron chi connectivity index (χ3n) is 4.07. The van der Waals surface area contributed by atoms with E-state index in [9.17, 15) is 4.79 Å². The van der Waals surface area contributed by atoms with E-state index in [1.54, 1.807) is 0 Å². The molecule has 1 aromatic carbocycles. The van der Waals surface area contributed by atoms with Crippen molar-refractivity contribution in [2.24, 2.45) is 0 Å². The lowest BCUT2D eigenvalue weighted by Crippen LogP contribution is -2.51. The molecule has 2 rings (SSSR count). The van der Waals surface area contributed by atoms with Crippen molar-refractivity contribution in [3.8, 4) is 5.75 Å². The van der Waals surface area contributed by atoms with Gasteiger partial charge >= 0.3 is 0 Å². The first kappa shape index (κ1) is 16.6. The second kappa shape index (κ2) is 8.03. The summed E-state index contributed by atoms with van der Waals surface area (Å²) in [6, 6.07) is 7.93. The first-order valence-corrected chi connectivity index (χ1v) is 8.11. The summed E-state index contributed by atoms with van der Waals surface area (Å²) >= 11 is 0. The van der Waals surface area contributed by atoms with E-state index in [2.05, 4.69) is 24.1 Å². The van der Waals surface area contributed by atoms with Crippen molar-refractivity contribution in [3.63, 3.8) is 0 Å². The Bertz CT molecular complexity index is 489. The second-order valence-corrected chi connectivity index (χ2v) is 5.62. The molecule has 0 bridgehead atoms. The first-order valence-electron chi connectivity index (χ1n) is 8.11. The number of anilines is 1. The van der Waals surface area contributed by atoms with Gasteiger partial charge in [-0.05, 0) is 31.4 Å². The smallest absolute Gasteiger partial charge is 0.263 e. The van der Waals surface area contributed by atoms with Crippen LogP contribution in [0.3, 0.4) is 0 Å². The average Bonchev–Trinajstić information content (AvgIpc) is 2.56. The van der Waals surface area contributed by atoms with Crippen molar-refractivity contribution in [1.82, 2.24) is 5.32 Å². The molecule has 5 nitrogen and oxygen atoms in total. The summed E-state index contributed by atoms with van der Waals surface area (Å²) in [6.07, 6.45) is 2.00. The Kier molecular flexibility index (Phi) is 6.07. The van der Waals surface area contributed by atoms with Gasteiger partial charge < -0.3 is 20.1 Å². The maximum absolute atomic E-state index is 12.4. The number of amides is 1. The van der Waals surface area contributed by atoms with Crippen LogP contribution in [0.5, 0.6) is 5.75 Å². The number of benzene rings is 1. The maximum Gasteiger partial charge on any atom is 0.263 e. The van der Waals surface area contributed by atoms with Crippen LogP contribution in [-0.4, -0.2) is 42.9 Å². The standard InChI is InChI=1S/C17H26N2O3/c1-3-13(4-2)18-17(21)16-12-19(10-7-11-20)14-8-5-6-9-15(14)22-16/h5-6,8-9,13,16,20H,3-4,7,10-12H2,1-2H3,(H,18,21). The Morgan fingerprint density at radius 1 is 1.41 bits per heavy atom. The molecule has 0 aliphatic carbocycles. The molecule has 0 saturated heterocycles. The largest absolute Gasteiger partial charge is 0.477 e. The number of nitrogens with one attached hydrogen (secondary N) is 1. The predicted molar refractivity (Wildman–Crippen MR) is 87.3 cm³/mol. The Morgan fingerprint density at radius 2 is 2.14 bits per heavy atom. The van der Waals surface area contributed by atoms with E-state index >= 15 is 0 Å². The minimum absolute atomic E-state index is 0.0581. The highest BCUT2D eigenvalue weighted by Crippen LogP contribution is 2.33. The van der Waals surface area contributed by atoms with Crippen LogP contribution in [-0.2, 0) is 4.79 Å². The Labute approximate surface area is 132 Å². The zero-order chi connectivity index (χ0) is 15.9. The lowest BCUT2D eigenvalue weighted by Gasteiger charge is -2.36. The first-order chi connectivity index (χ1) is 10.7. The van der Waals surface area contributed by atoms with Gasteiger partial charge in [-0.25, -0.2) is 0 Å². The Morgan fingerprint density at radius 3 is 2.82 bits per heavy atom. The number of aliphatic hydroxyl groups is 1. The molecule has 5 heteroatoms. The molecule has 22 heavy (non-hydrogen) atoms. The van der Waals surface area contributed by atoms with Crippen LogP contribution in [0.4, 0.5) is 5.69 Å². The SMILES string of the molecule is CCC(CC)NC(=O)C1CN(CCCO)c2ccccc2O1. The third-order valence-corrected chi connectivity index (χ3v) is 4.07. The number of carbonyl (C=O) groups excluding carboxylic acids is 1. The maximum atomic E-state index is 12.4. The average molecular weight is 306 g/mol. The topological polar surface area (TPSA) is 61.8 Å². The molecular formula is C17H26N2O3. The molecule has 1 aliphatic heterocycles. The van der Waals surface area contributed by atoms with Gasteiger partial charge in [0.05, 0.1) is 12.2 Å². The highest BCUT2D eigenvalue weighted by molar-refractivity contribution is 5.83. The molecule has 122 valence electrons. The third kappa shape index (κ3) is 3.91. The van der Waals surface area contributed by atoms with Gasteiger partial charge in [0.1, 0.15) is 5.75 Å². The van der Waals surface area contributed by atoms with Crippen molar-refractivity contribution < 1.29 is 14.6 Å². The van der Waals surface area contributed by atoms with Gasteiger partial charge in [-0.15, -0.1) is 0 Å². The minimum Gasteiger partial charge on any atom is -0.477 e. The second-order valence-electron chi connectivity index (χ2n) is 5.62. The van der Waals surface area contributed by atoms with E-state index < -0.39 is 6.10 Å². The summed E-state index contributed by atoms with van der Waals surface area (Å²) in [5, 5.41) is 12.1. The lowest BCUT2D eigenvalue weighted by atomic mass is 10.1. The van der Waals surface area contributed by atoms with Crippen molar-refractivity contribution in [1.29, 1.82) is 0 Å². The van der Waals surface area contributed by atoms with Crippen molar-refractivity contribution in [2.75, 3.05) is 24.6 Å². The van der Waals surface area contributed by atoms with Crippen LogP contribution in [0.1, 0.15) is 33.1 Å². The molecule has 0 fully saturated rings. The molecule has 1 heterocycles. The van der Waals surface area contributed by atoms with Crippen LogP contribution < -0.4 is 15.0 Å². The van der Waals surface area contributed by atoms with E-state index in [0.717, 1.165) is 24.3 Å². The monoisotopic (exact) mass is 306 g/mol. The summed E-state index contributed by atoms with van der Waals surface area (Å²) in [6.45, 7) is 5.51. The van der Waals surface area contributed by atoms with Gasteiger partial charge in [-0.1, -0.05) is 26.0 Å². The summed E-state index contributed by atoms with van der Waals surface area (Å²) in [4.78, 5) is 14.6. The van der Waals surface area contributed by atoms with Crippen molar-refractivity contribution in [2.45, 2.75) is 45.3 Å². The summed E-state index contributed by atoms with van der Waals surface area (Å²) in [7, 11) is 0. The number of carbonyl (C=O) groups is 1. The molecule has 1 aliphatic rings. The number of para-hydroxylation sites is 2. The molecule has 1 atom stereocenters. The van der Waals surface area contributed by atoms with Crippen LogP contribution in [0.2, 0.25) is 0 Å². The molecule has 1 aromatic rings. The van der Waals surface area contributed by atoms with Crippen LogP contribution in [0.25, 0.3) is 0 Å². The quantitative estimate of drug-likeness (QED) is 0.808. The van der Waals surface area contributed by atoms with E-state index in [4.69, 9.17) is 9.84 Å². The van der Waals surface area contributed by atoms with Crippen molar-refractivity contribution >= 4 is 11.6 Å². The van der Waals surface area contributed by atoms with E-state index in [1.807, 2.05) is 24.3 Å². The van der Waals surface area contributed by atoms with Gasteiger partial charge in [0.2, 0.25) is 0 Å². The normalized spacial score (nSPS) is 17.1. The summed E-state index contributed by atoms with van der Waals surface area (Å²) in [5.41, 5.74) is 0.988. The summed E-state index contributed by atoms with van der Waals surface area (Å²) in [5.74, 6) is 0.675. The van der Waals surface area contributed by atoms with Crippen LogP contribution in [0.15, 0.2) is 24.3 Å². The number of ether oxygens (including phenoxy) is 1. The predicted octanol–water partition coefficient (Wildman–Crippen LogP) is 1.94. The van der Waals surface area contributed by atoms with Gasteiger partial charge in [0.15, 0.2) is 6.10 Å². The highest BCUT2D eigenvalue weighted by Gasteiger charge is 2.30. The van der Waals surface area contributed by atoms with Gasteiger partial charge in [-0.3, -0.25) is 4.79 Å².